The first kappa shape index (κ1) is 36.6. The first-order valence-corrected chi connectivity index (χ1v) is 17.7. The van der Waals surface area contributed by atoms with Crippen LogP contribution in [0.15, 0.2) is 188 Å². The standard InChI is InChI=1S/C24H19NO4.C22H15NO4/c1-2-28-23(26)21-15-17-13-14-20(16-22(17)29-24(21)27)25(18-9-5-3-6-10-18)19-11-7-4-8-12-19;24-21(25)19-13-15-11-12-18(14-20(15)27-22(19)26)23(16-7-3-1-4-8-16)17-9-5-2-6-10-17/h3-16H,2H2,1H3;1-14H,(H,24,25). The van der Waals surface area contributed by atoms with Crippen molar-refractivity contribution in [2.24, 2.45) is 0 Å². The molecule has 2 heterocycles. The Hall–Kier alpha value is -7.72. The van der Waals surface area contributed by atoms with E-state index in [1.807, 2.05) is 144 Å². The fourth-order valence-electron chi connectivity index (χ4n) is 6.18. The number of aromatic carboxylic acids is 1. The SMILES string of the molecule is CCOC(=O)c1cc2ccc(N(c3ccccc3)c3ccccc3)cc2oc1=O.O=C(O)c1cc2ccc(N(c3ccccc3)c3ccccc3)cc2oc1=O. The van der Waals surface area contributed by atoms with Gasteiger partial charge in [0.1, 0.15) is 22.3 Å². The number of nitrogens with zero attached hydrogens (tertiary/aromatic N) is 2. The molecule has 0 saturated carbocycles. The molecule has 0 aliphatic carbocycles. The largest absolute Gasteiger partial charge is 0.477 e. The van der Waals surface area contributed by atoms with E-state index >= 15 is 0 Å². The van der Waals surface area contributed by atoms with Crippen molar-refractivity contribution in [2.45, 2.75) is 6.92 Å². The number of rotatable bonds is 9. The molecule has 0 saturated heterocycles. The molecule has 0 bridgehead atoms. The van der Waals surface area contributed by atoms with E-state index in [2.05, 4.69) is 4.90 Å². The third-order valence-electron chi connectivity index (χ3n) is 8.74. The van der Waals surface area contributed by atoms with Gasteiger partial charge in [0.25, 0.3) is 0 Å². The van der Waals surface area contributed by atoms with Crippen LogP contribution in [0.4, 0.5) is 34.1 Å². The van der Waals surface area contributed by atoms with Crippen LogP contribution in [0.2, 0.25) is 0 Å². The van der Waals surface area contributed by atoms with Crippen molar-refractivity contribution in [1.82, 2.24) is 0 Å². The summed E-state index contributed by atoms with van der Waals surface area (Å²) >= 11 is 0. The van der Waals surface area contributed by atoms with Gasteiger partial charge in [0.05, 0.1) is 6.61 Å². The second kappa shape index (κ2) is 16.5. The van der Waals surface area contributed by atoms with Crippen molar-refractivity contribution in [3.63, 3.8) is 0 Å². The summed E-state index contributed by atoms with van der Waals surface area (Å²) in [4.78, 5) is 51.4. The highest BCUT2D eigenvalue weighted by Gasteiger charge is 2.18. The molecule has 8 rings (SSSR count). The second-order valence-corrected chi connectivity index (χ2v) is 12.4. The van der Waals surface area contributed by atoms with Crippen LogP contribution in [0.3, 0.4) is 0 Å². The van der Waals surface area contributed by atoms with Crippen molar-refractivity contribution in [3.05, 3.63) is 202 Å². The van der Waals surface area contributed by atoms with Crippen LogP contribution in [0, 0.1) is 0 Å². The van der Waals surface area contributed by atoms with Gasteiger partial charge >= 0.3 is 23.2 Å². The predicted molar refractivity (Wildman–Crippen MR) is 217 cm³/mol. The van der Waals surface area contributed by atoms with Gasteiger partial charge in [0, 0.05) is 57.0 Å². The lowest BCUT2D eigenvalue weighted by molar-refractivity contribution is 0.0521. The summed E-state index contributed by atoms with van der Waals surface area (Å²) in [6.45, 7) is 1.88. The Bertz CT molecular complexity index is 2670. The minimum Gasteiger partial charge on any atom is -0.477 e. The lowest BCUT2D eigenvalue weighted by Crippen LogP contribution is -2.16. The number of carboxylic acids is 1. The van der Waals surface area contributed by atoms with E-state index in [0.29, 0.717) is 21.9 Å². The van der Waals surface area contributed by atoms with Gasteiger partial charge in [0.2, 0.25) is 0 Å². The maximum atomic E-state index is 12.3. The van der Waals surface area contributed by atoms with Gasteiger partial charge < -0.3 is 28.5 Å². The Labute approximate surface area is 320 Å². The molecule has 8 aromatic rings. The zero-order valence-corrected chi connectivity index (χ0v) is 30.1. The van der Waals surface area contributed by atoms with Gasteiger partial charge in [-0.25, -0.2) is 19.2 Å². The third-order valence-corrected chi connectivity index (χ3v) is 8.74. The number of carboxylic acid groups (broad SMARTS) is 1. The van der Waals surface area contributed by atoms with E-state index < -0.39 is 23.2 Å². The fraction of sp³-hybridized carbons (Fsp3) is 0.0435. The first-order valence-electron chi connectivity index (χ1n) is 17.7. The van der Waals surface area contributed by atoms with Crippen molar-refractivity contribution < 1.29 is 28.3 Å². The maximum Gasteiger partial charge on any atom is 0.351 e. The van der Waals surface area contributed by atoms with Crippen LogP contribution in [-0.2, 0) is 4.74 Å². The van der Waals surface area contributed by atoms with Crippen molar-refractivity contribution >= 4 is 68.0 Å². The van der Waals surface area contributed by atoms with E-state index in [1.165, 1.54) is 12.1 Å². The molecule has 0 spiro atoms. The topological polar surface area (TPSA) is 130 Å². The van der Waals surface area contributed by atoms with Gasteiger partial charge in [-0.3, -0.25) is 0 Å². The van der Waals surface area contributed by atoms with E-state index in [-0.39, 0.29) is 17.7 Å². The molecule has 1 N–H and O–H groups in total. The Morgan fingerprint density at radius 2 is 0.857 bits per heavy atom. The molecular weight excluding hydrogens is 709 g/mol. The average Bonchev–Trinajstić information content (AvgIpc) is 3.22. The molecule has 0 unspecified atom stereocenters. The number of hydrogen-bond acceptors (Lipinski definition) is 9. The molecule has 0 aliphatic rings. The van der Waals surface area contributed by atoms with Crippen LogP contribution < -0.4 is 21.1 Å². The Balaban J connectivity index is 0.000000172. The quantitative estimate of drug-likeness (QED) is 0.113. The second-order valence-electron chi connectivity index (χ2n) is 12.4. The normalized spacial score (nSPS) is 10.7. The smallest absolute Gasteiger partial charge is 0.351 e. The highest BCUT2D eigenvalue weighted by Crippen LogP contribution is 2.37. The fourth-order valence-corrected chi connectivity index (χ4v) is 6.18. The van der Waals surface area contributed by atoms with Gasteiger partial charge in [-0.15, -0.1) is 0 Å². The van der Waals surface area contributed by atoms with Gasteiger partial charge in [0.15, 0.2) is 0 Å². The molecule has 0 fully saturated rings. The number of hydrogen-bond donors (Lipinski definition) is 1. The first-order chi connectivity index (χ1) is 27.3. The van der Waals surface area contributed by atoms with Crippen LogP contribution in [0.25, 0.3) is 21.9 Å². The molecule has 0 aliphatic heterocycles. The molecule has 0 radical (unpaired) electrons. The van der Waals surface area contributed by atoms with E-state index in [1.54, 1.807) is 25.1 Å². The molecule has 56 heavy (non-hydrogen) atoms. The number of carbonyl (C=O) groups excluding carboxylic acids is 1. The lowest BCUT2D eigenvalue weighted by atomic mass is 10.1. The average molecular weight is 743 g/mol. The lowest BCUT2D eigenvalue weighted by Gasteiger charge is -2.25. The van der Waals surface area contributed by atoms with E-state index in [9.17, 15) is 19.2 Å². The molecule has 6 aromatic carbocycles. The van der Waals surface area contributed by atoms with Gasteiger partial charge in [-0.2, -0.15) is 0 Å². The van der Waals surface area contributed by atoms with Gasteiger partial charge in [-0.1, -0.05) is 72.8 Å². The Morgan fingerprint density at radius 3 is 1.21 bits per heavy atom. The zero-order chi connectivity index (χ0) is 39.0. The van der Waals surface area contributed by atoms with Crippen molar-refractivity contribution in [3.8, 4) is 0 Å². The minimum absolute atomic E-state index is 0.102. The number of ether oxygens (including phenoxy) is 1. The number of carbonyl (C=O) groups is 2. The third kappa shape index (κ3) is 7.95. The molecular formula is C46H34N2O8. The van der Waals surface area contributed by atoms with Crippen molar-refractivity contribution in [1.29, 1.82) is 0 Å². The molecule has 0 amide bonds. The van der Waals surface area contributed by atoms with Crippen LogP contribution in [0.5, 0.6) is 0 Å². The number of benzene rings is 6. The van der Waals surface area contributed by atoms with Crippen LogP contribution >= 0.6 is 0 Å². The molecule has 0 atom stereocenters. The Kier molecular flexibility index (Phi) is 10.8. The molecule has 2 aromatic heterocycles. The monoisotopic (exact) mass is 742 g/mol. The summed E-state index contributed by atoms with van der Waals surface area (Å²) in [5.41, 5.74) is 4.17. The van der Waals surface area contributed by atoms with E-state index in [0.717, 1.165) is 34.1 Å². The maximum absolute atomic E-state index is 12.3. The predicted octanol–water partition coefficient (Wildman–Crippen LogP) is 10.4. The van der Waals surface area contributed by atoms with Crippen molar-refractivity contribution in [2.75, 3.05) is 16.4 Å². The van der Waals surface area contributed by atoms with E-state index in [4.69, 9.17) is 18.7 Å². The Morgan fingerprint density at radius 1 is 0.500 bits per heavy atom. The highest BCUT2D eigenvalue weighted by molar-refractivity contribution is 5.95. The number of esters is 1. The van der Waals surface area contributed by atoms with Crippen LogP contribution in [0.1, 0.15) is 27.6 Å². The number of para-hydroxylation sites is 4. The molecule has 10 nitrogen and oxygen atoms in total. The summed E-state index contributed by atoms with van der Waals surface area (Å²) in [6, 6.07) is 53.2. The highest BCUT2D eigenvalue weighted by atomic mass is 16.5. The molecule has 276 valence electrons. The van der Waals surface area contributed by atoms with Gasteiger partial charge in [-0.05, 0) is 91.9 Å². The number of anilines is 6. The summed E-state index contributed by atoms with van der Waals surface area (Å²) in [5.74, 6) is -1.98. The minimum atomic E-state index is -1.30. The molecule has 10 heteroatoms. The zero-order valence-electron chi connectivity index (χ0n) is 30.1. The summed E-state index contributed by atoms with van der Waals surface area (Å²) < 4.78 is 15.6. The summed E-state index contributed by atoms with van der Waals surface area (Å²) in [5, 5.41) is 10.3. The van der Waals surface area contributed by atoms with Crippen LogP contribution in [-0.4, -0.2) is 23.7 Å². The summed E-state index contributed by atoms with van der Waals surface area (Å²) in [7, 11) is 0. The number of fused-ring (bicyclic) bond motifs is 2. The summed E-state index contributed by atoms with van der Waals surface area (Å²) in [6.07, 6.45) is 0.